The maximum absolute atomic E-state index is 5.26. The van der Waals surface area contributed by atoms with E-state index >= 15 is 0 Å². The van der Waals surface area contributed by atoms with E-state index in [0.717, 1.165) is 13.0 Å². The fourth-order valence-corrected chi connectivity index (χ4v) is 1.91. The van der Waals surface area contributed by atoms with E-state index in [-0.39, 0.29) is 0 Å². The minimum Gasteiger partial charge on any atom is -0.314 e. The lowest BCUT2D eigenvalue weighted by atomic mass is 10.0. The van der Waals surface area contributed by atoms with Crippen molar-refractivity contribution < 1.29 is 0 Å². The lowest BCUT2D eigenvalue weighted by molar-refractivity contribution is 0.433. The highest BCUT2D eigenvalue weighted by molar-refractivity contribution is 4.83. The topological polar surface area (TPSA) is 12.0 Å². The van der Waals surface area contributed by atoms with Crippen molar-refractivity contribution >= 4 is 0 Å². The van der Waals surface area contributed by atoms with Crippen molar-refractivity contribution in [1.82, 2.24) is 5.32 Å². The van der Waals surface area contributed by atoms with Crippen molar-refractivity contribution in [3.05, 3.63) is 0 Å². The second kappa shape index (κ2) is 11.6. The maximum Gasteiger partial charge on any atom is 0.00866 e. The number of unbranched alkanes of at least 4 members (excludes halogenated alkanes) is 4. The van der Waals surface area contributed by atoms with E-state index in [1.165, 1.54) is 44.9 Å². The molecule has 0 rings (SSSR count). The third-order valence-electron chi connectivity index (χ3n) is 2.77. The van der Waals surface area contributed by atoms with Crippen LogP contribution in [-0.2, 0) is 0 Å². The van der Waals surface area contributed by atoms with E-state index in [2.05, 4.69) is 25.1 Å². The Morgan fingerprint density at radius 2 is 1.80 bits per heavy atom. The van der Waals surface area contributed by atoms with Crippen LogP contribution >= 0.6 is 0 Å². The van der Waals surface area contributed by atoms with E-state index < -0.39 is 0 Å². The molecule has 0 bridgehead atoms. The Kier molecular flexibility index (Phi) is 11.2. The molecule has 1 unspecified atom stereocenters. The molecule has 0 spiro atoms. The average molecular weight is 209 g/mol. The van der Waals surface area contributed by atoms with Gasteiger partial charge < -0.3 is 5.32 Å². The first kappa shape index (κ1) is 14.5. The number of hydrogen-bond donors (Lipinski definition) is 1. The van der Waals surface area contributed by atoms with E-state index in [1.807, 2.05) is 0 Å². The molecule has 0 aliphatic carbocycles. The third-order valence-corrected chi connectivity index (χ3v) is 2.77. The Morgan fingerprint density at radius 1 is 1.07 bits per heavy atom. The first-order valence-electron chi connectivity index (χ1n) is 6.52. The fourth-order valence-electron chi connectivity index (χ4n) is 1.91. The predicted octanol–water partition coefficient (Wildman–Crippen LogP) is 3.74. The molecule has 0 heterocycles. The summed E-state index contributed by atoms with van der Waals surface area (Å²) < 4.78 is 0. The Hall–Kier alpha value is -0.480. The number of hydrogen-bond acceptors (Lipinski definition) is 1. The lowest BCUT2D eigenvalue weighted by Gasteiger charge is -2.17. The van der Waals surface area contributed by atoms with E-state index in [0.29, 0.717) is 6.04 Å². The summed E-state index contributed by atoms with van der Waals surface area (Å²) >= 11 is 0. The summed E-state index contributed by atoms with van der Waals surface area (Å²) in [6.45, 7) is 5.52. The van der Waals surface area contributed by atoms with Crippen molar-refractivity contribution in [1.29, 1.82) is 0 Å². The van der Waals surface area contributed by atoms with Crippen LogP contribution < -0.4 is 5.32 Å². The van der Waals surface area contributed by atoms with Gasteiger partial charge in [0.05, 0.1) is 0 Å². The van der Waals surface area contributed by atoms with Gasteiger partial charge in [-0.25, -0.2) is 0 Å². The quantitative estimate of drug-likeness (QED) is 0.427. The van der Waals surface area contributed by atoms with Gasteiger partial charge >= 0.3 is 0 Å². The molecule has 0 radical (unpaired) electrons. The third kappa shape index (κ3) is 9.82. The SMILES string of the molecule is C#CCCCC(CCCCCC)NCC. The molecule has 88 valence electrons. The molecule has 0 saturated heterocycles. The van der Waals surface area contributed by atoms with Crippen molar-refractivity contribution in [2.45, 2.75) is 71.3 Å². The molecule has 0 aromatic heterocycles. The molecule has 1 atom stereocenters. The zero-order valence-corrected chi connectivity index (χ0v) is 10.5. The number of rotatable bonds is 10. The van der Waals surface area contributed by atoms with Crippen LogP contribution in [0.3, 0.4) is 0 Å². The molecule has 1 heteroatoms. The summed E-state index contributed by atoms with van der Waals surface area (Å²) in [5, 5.41) is 3.55. The van der Waals surface area contributed by atoms with Crippen LogP contribution in [0, 0.1) is 12.3 Å². The molecule has 0 aromatic rings. The maximum atomic E-state index is 5.26. The van der Waals surface area contributed by atoms with Crippen molar-refractivity contribution in [2.24, 2.45) is 0 Å². The summed E-state index contributed by atoms with van der Waals surface area (Å²) in [4.78, 5) is 0. The van der Waals surface area contributed by atoms with Crippen LogP contribution in [0.1, 0.15) is 65.2 Å². The summed E-state index contributed by atoms with van der Waals surface area (Å²) in [6, 6.07) is 0.695. The molecule has 0 aliphatic rings. The Balaban J connectivity index is 3.49. The van der Waals surface area contributed by atoms with Gasteiger partial charge in [0.15, 0.2) is 0 Å². The van der Waals surface area contributed by atoms with Crippen LogP contribution in [0.4, 0.5) is 0 Å². The second-order valence-electron chi connectivity index (χ2n) is 4.20. The van der Waals surface area contributed by atoms with Crippen LogP contribution in [0.2, 0.25) is 0 Å². The van der Waals surface area contributed by atoms with Gasteiger partial charge in [-0.15, -0.1) is 12.3 Å². The monoisotopic (exact) mass is 209 g/mol. The largest absolute Gasteiger partial charge is 0.314 e. The second-order valence-corrected chi connectivity index (χ2v) is 4.20. The Labute approximate surface area is 96.0 Å². The standard InChI is InChI=1S/C14H27N/c1-4-7-9-11-13-14(15-6-3)12-10-8-5-2/h2,14-15H,4,6-13H2,1,3H3. The van der Waals surface area contributed by atoms with Gasteiger partial charge in [-0.3, -0.25) is 0 Å². The van der Waals surface area contributed by atoms with Gasteiger partial charge in [0, 0.05) is 12.5 Å². The number of nitrogens with one attached hydrogen (secondary N) is 1. The van der Waals surface area contributed by atoms with Gasteiger partial charge in [0.1, 0.15) is 0 Å². The summed E-state index contributed by atoms with van der Waals surface area (Å²) in [5.74, 6) is 2.71. The molecule has 15 heavy (non-hydrogen) atoms. The van der Waals surface area contributed by atoms with Crippen molar-refractivity contribution in [3.8, 4) is 12.3 Å². The van der Waals surface area contributed by atoms with Crippen LogP contribution in [0.25, 0.3) is 0 Å². The van der Waals surface area contributed by atoms with Gasteiger partial charge in [0.25, 0.3) is 0 Å². The van der Waals surface area contributed by atoms with E-state index in [4.69, 9.17) is 6.42 Å². The predicted molar refractivity (Wildman–Crippen MR) is 68.9 cm³/mol. The van der Waals surface area contributed by atoms with Gasteiger partial charge in [-0.2, -0.15) is 0 Å². The fraction of sp³-hybridized carbons (Fsp3) is 0.857. The molecular formula is C14H27N. The Morgan fingerprint density at radius 3 is 2.40 bits per heavy atom. The lowest BCUT2D eigenvalue weighted by Crippen LogP contribution is -2.28. The number of terminal acetylenes is 1. The van der Waals surface area contributed by atoms with Gasteiger partial charge in [0.2, 0.25) is 0 Å². The van der Waals surface area contributed by atoms with Crippen LogP contribution in [0.15, 0.2) is 0 Å². The highest BCUT2D eigenvalue weighted by Crippen LogP contribution is 2.10. The first-order valence-corrected chi connectivity index (χ1v) is 6.52. The minimum absolute atomic E-state index is 0.695. The first-order chi connectivity index (χ1) is 7.35. The van der Waals surface area contributed by atoms with Crippen molar-refractivity contribution in [3.63, 3.8) is 0 Å². The molecule has 0 aliphatic heterocycles. The summed E-state index contributed by atoms with van der Waals surface area (Å²) in [7, 11) is 0. The average Bonchev–Trinajstić information content (AvgIpc) is 2.24. The van der Waals surface area contributed by atoms with E-state index in [1.54, 1.807) is 0 Å². The molecule has 0 saturated carbocycles. The van der Waals surface area contributed by atoms with Crippen LogP contribution in [-0.4, -0.2) is 12.6 Å². The van der Waals surface area contributed by atoms with Crippen molar-refractivity contribution in [2.75, 3.05) is 6.54 Å². The summed E-state index contributed by atoms with van der Waals surface area (Å²) in [5.41, 5.74) is 0. The molecule has 0 aromatic carbocycles. The van der Waals surface area contributed by atoms with Gasteiger partial charge in [-0.1, -0.05) is 39.5 Å². The highest BCUT2D eigenvalue weighted by Gasteiger charge is 2.05. The smallest absolute Gasteiger partial charge is 0.00866 e. The molecule has 1 N–H and O–H groups in total. The van der Waals surface area contributed by atoms with Gasteiger partial charge in [-0.05, 0) is 25.8 Å². The molecule has 1 nitrogen and oxygen atoms in total. The molecule has 0 fully saturated rings. The van der Waals surface area contributed by atoms with E-state index in [9.17, 15) is 0 Å². The summed E-state index contributed by atoms with van der Waals surface area (Å²) in [6.07, 6.45) is 15.4. The minimum atomic E-state index is 0.695. The van der Waals surface area contributed by atoms with Crippen LogP contribution in [0.5, 0.6) is 0 Å². The normalized spacial score (nSPS) is 12.3. The highest BCUT2D eigenvalue weighted by atomic mass is 14.9. The molecule has 0 amide bonds. The Bertz CT molecular complexity index is 157. The zero-order valence-electron chi connectivity index (χ0n) is 10.5. The molecular weight excluding hydrogens is 182 g/mol. The zero-order chi connectivity index (χ0) is 11.4.